The number of carbonyl (C=O) groups excluding carboxylic acids is 2. The minimum absolute atomic E-state index is 0.212. The lowest BCUT2D eigenvalue weighted by Gasteiger charge is -2.17. The van der Waals surface area contributed by atoms with E-state index in [0.717, 1.165) is 12.1 Å². The SMILES string of the molecule is C#Cc1ccc(Nc2c(C(=O)NOCCO)cc(CNC(=O)CCO)c(F)c2F)c(F)c1. The molecule has 2 aromatic carbocycles. The number of terminal acetylenes is 1. The van der Waals surface area contributed by atoms with Gasteiger partial charge in [0, 0.05) is 24.1 Å². The minimum atomic E-state index is -1.51. The van der Waals surface area contributed by atoms with E-state index in [1.807, 2.05) is 5.48 Å². The summed E-state index contributed by atoms with van der Waals surface area (Å²) in [6.45, 7) is -1.61. The topological polar surface area (TPSA) is 120 Å². The molecule has 0 saturated heterocycles. The summed E-state index contributed by atoms with van der Waals surface area (Å²) < 4.78 is 43.8. The van der Waals surface area contributed by atoms with Crippen LogP contribution < -0.4 is 16.1 Å². The van der Waals surface area contributed by atoms with E-state index in [2.05, 4.69) is 16.6 Å². The first-order valence-corrected chi connectivity index (χ1v) is 9.27. The predicted octanol–water partition coefficient (Wildman–Crippen LogP) is 1.48. The van der Waals surface area contributed by atoms with Crippen LogP contribution in [-0.2, 0) is 16.2 Å². The number of aliphatic hydroxyl groups excluding tert-OH is 2. The van der Waals surface area contributed by atoms with Crippen LogP contribution in [0.4, 0.5) is 24.5 Å². The molecule has 0 fully saturated rings. The van der Waals surface area contributed by atoms with Crippen LogP contribution in [0.2, 0.25) is 0 Å². The van der Waals surface area contributed by atoms with Gasteiger partial charge < -0.3 is 20.8 Å². The monoisotopic (exact) mass is 451 g/mol. The van der Waals surface area contributed by atoms with Gasteiger partial charge in [-0.25, -0.2) is 18.7 Å². The molecule has 0 spiro atoms. The second-order valence-electron chi connectivity index (χ2n) is 6.30. The first-order valence-electron chi connectivity index (χ1n) is 9.27. The van der Waals surface area contributed by atoms with E-state index in [9.17, 15) is 22.8 Å². The Morgan fingerprint density at radius 1 is 1.09 bits per heavy atom. The van der Waals surface area contributed by atoms with Crippen LogP contribution in [-0.4, -0.2) is 41.8 Å². The van der Waals surface area contributed by atoms with Gasteiger partial charge in [-0.2, -0.15) is 0 Å². The normalized spacial score (nSPS) is 10.4. The number of rotatable bonds is 10. The molecule has 0 bridgehead atoms. The standard InChI is InChI=1S/C21H20F3N3O5/c1-2-12-3-4-16(15(22)9-12)26-20-14(21(31)27-32-8-7-29)10-13(18(23)19(20)24)11-25-17(30)5-6-28/h1,3-4,9-10,26,28-29H,5-8,11H2,(H,25,30)(H,27,31). The van der Waals surface area contributed by atoms with Crippen molar-refractivity contribution >= 4 is 23.2 Å². The molecule has 0 atom stereocenters. The third-order valence-electron chi connectivity index (χ3n) is 4.10. The molecular formula is C21H20F3N3O5. The quantitative estimate of drug-likeness (QED) is 0.212. The van der Waals surface area contributed by atoms with E-state index in [1.54, 1.807) is 0 Å². The number of hydroxylamine groups is 1. The summed E-state index contributed by atoms with van der Waals surface area (Å²) >= 11 is 0. The Morgan fingerprint density at radius 3 is 2.47 bits per heavy atom. The van der Waals surface area contributed by atoms with E-state index in [4.69, 9.17) is 21.5 Å². The molecule has 5 N–H and O–H groups in total. The fourth-order valence-electron chi connectivity index (χ4n) is 2.55. The molecule has 0 aliphatic rings. The van der Waals surface area contributed by atoms with Gasteiger partial charge in [0.2, 0.25) is 5.91 Å². The van der Waals surface area contributed by atoms with Gasteiger partial charge in [0.15, 0.2) is 11.6 Å². The average molecular weight is 451 g/mol. The van der Waals surface area contributed by atoms with Crippen molar-refractivity contribution in [1.82, 2.24) is 10.8 Å². The second-order valence-corrected chi connectivity index (χ2v) is 6.30. The van der Waals surface area contributed by atoms with Gasteiger partial charge >= 0.3 is 0 Å². The largest absolute Gasteiger partial charge is 0.396 e. The van der Waals surface area contributed by atoms with E-state index < -0.39 is 60.3 Å². The molecule has 0 aliphatic carbocycles. The smallest absolute Gasteiger partial charge is 0.277 e. The molecule has 0 radical (unpaired) electrons. The number of nitrogens with one attached hydrogen (secondary N) is 3. The van der Waals surface area contributed by atoms with Gasteiger partial charge in [0.1, 0.15) is 5.82 Å². The molecule has 2 amide bonds. The fraction of sp³-hybridized carbons (Fsp3) is 0.238. The molecule has 0 heterocycles. The van der Waals surface area contributed by atoms with Gasteiger partial charge in [0.05, 0.1) is 36.8 Å². The number of halogens is 3. The maximum atomic E-state index is 14.9. The summed E-state index contributed by atoms with van der Waals surface area (Å²) in [6.07, 6.45) is 4.95. The summed E-state index contributed by atoms with van der Waals surface area (Å²) in [5, 5.41) is 22.1. The van der Waals surface area contributed by atoms with Crippen LogP contribution in [0, 0.1) is 29.8 Å². The summed E-state index contributed by atoms with van der Waals surface area (Å²) in [5.41, 5.74) is 0.347. The first kappa shape index (κ1) is 24.7. The Balaban J connectivity index is 2.46. The second kappa shape index (κ2) is 11.7. The fourth-order valence-corrected chi connectivity index (χ4v) is 2.55. The van der Waals surface area contributed by atoms with Crippen molar-refractivity contribution in [3.05, 3.63) is 58.4 Å². The van der Waals surface area contributed by atoms with Gasteiger partial charge in [-0.1, -0.05) is 5.92 Å². The highest BCUT2D eigenvalue weighted by Crippen LogP contribution is 2.30. The van der Waals surface area contributed by atoms with Crippen LogP contribution in [0.3, 0.4) is 0 Å². The summed E-state index contributed by atoms with van der Waals surface area (Å²) in [5.74, 6) is -3.19. The van der Waals surface area contributed by atoms with Gasteiger partial charge in [-0.15, -0.1) is 6.42 Å². The zero-order valence-corrected chi connectivity index (χ0v) is 16.7. The molecule has 2 aromatic rings. The number of carbonyl (C=O) groups is 2. The Morgan fingerprint density at radius 2 is 1.84 bits per heavy atom. The number of hydrogen-bond acceptors (Lipinski definition) is 6. The first-order chi connectivity index (χ1) is 15.3. The third kappa shape index (κ3) is 6.21. The zero-order valence-electron chi connectivity index (χ0n) is 16.7. The van der Waals surface area contributed by atoms with E-state index >= 15 is 0 Å². The number of aliphatic hydroxyl groups is 2. The van der Waals surface area contributed by atoms with Crippen molar-refractivity contribution in [2.75, 3.05) is 25.1 Å². The molecule has 0 saturated carbocycles. The molecular weight excluding hydrogens is 431 g/mol. The maximum Gasteiger partial charge on any atom is 0.277 e. The van der Waals surface area contributed by atoms with Gasteiger partial charge in [-0.05, 0) is 24.3 Å². The number of anilines is 2. The molecule has 0 aliphatic heterocycles. The number of hydrogen-bond donors (Lipinski definition) is 5. The lowest BCUT2D eigenvalue weighted by Crippen LogP contribution is -2.28. The molecule has 170 valence electrons. The van der Waals surface area contributed by atoms with Crippen molar-refractivity contribution in [3.8, 4) is 12.3 Å². The summed E-state index contributed by atoms with van der Waals surface area (Å²) in [4.78, 5) is 28.7. The van der Waals surface area contributed by atoms with Crippen molar-refractivity contribution in [3.63, 3.8) is 0 Å². The van der Waals surface area contributed by atoms with Crippen LogP contribution in [0.15, 0.2) is 24.3 Å². The van der Waals surface area contributed by atoms with Crippen molar-refractivity contribution in [2.45, 2.75) is 13.0 Å². The van der Waals surface area contributed by atoms with E-state index in [0.29, 0.717) is 0 Å². The predicted molar refractivity (Wildman–Crippen MR) is 108 cm³/mol. The number of amides is 2. The Kier molecular flexibility index (Phi) is 9.03. The highest BCUT2D eigenvalue weighted by molar-refractivity contribution is 6.00. The van der Waals surface area contributed by atoms with Crippen molar-refractivity contribution < 1.29 is 37.8 Å². The lowest BCUT2D eigenvalue weighted by atomic mass is 10.0. The molecule has 11 heteroatoms. The zero-order chi connectivity index (χ0) is 23.7. The Labute approximate surface area is 181 Å². The van der Waals surface area contributed by atoms with Crippen LogP contribution >= 0.6 is 0 Å². The Hall–Kier alpha value is -3.59. The van der Waals surface area contributed by atoms with Crippen LogP contribution in [0.25, 0.3) is 0 Å². The highest BCUT2D eigenvalue weighted by Gasteiger charge is 2.24. The maximum absolute atomic E-state index is 14.9. The summed E-state index contributed by atoms with van der Waals surface area (Å²) in [6, 6.07) is 4.49. The van der Waals surface area contributed by atoms with Crippen LogP contribution in [0.5, 0.6) is 0 Å². The molecule has 32 heavy (non-hydrogen) atoms. The van der Waals surface area contributed by atoms with Crippen molar-refractivity contribution in [1.29, 1.82) is 0 Å². The van der Waals surface area contributed by atoms with Crippen LogP contribution in [0.1, 0.15) is 27.9 Å². The van der Waals surface area contributed by atoms with Gasteiger partial charge in [-0.3, -0.25) is 14.4 Å². The number of benzene rings is 2. The molecule has 0 aromatic heterocycles. The highest BCUT2D eigenvalue weighted by atomic mass is 19.2. The van der Waals surface area contributed by atoms with Crippen molar-refractivity contribution in [2.24, 2.45) is 0 Å². The van der Waals surface area contributed by atoms with E-state index in [1.165, 1.54) is 12.1 Å². The minimum Gasteiger partial charge on any atom is -0.396 e. The van der Waals surface area contributed by atoms with E-state index in [-0.39, 0.29) is 29.8 Å². The lowest BCUT2D eigenvalue weighted by molar-refractivity contribution is -0.121. The molecule has 8 nitrogen and oxygen atoms in total. The average Bonchev–Trinajstić information content (AvgIpc) is 2.77. The van der Waals surface area contributed by atoms with Gasteiger partial charge in [0.25, 0.3) is 5.91 Å². The molecule has 2 rings (SSSR count). The third-order valence-corrected chi connectivity index (χ3v) is 4.10. The summed E-state index contributed by atoms with van der Waals surface area (Å²) in [7, 11) is 0. The molecule has 0 unspecified atom stereocenters. The Bertz CT molecular complexity index is 1040.